The van der Waals surface area contributed by atoms with E-state index in [1.165, 1.54) is 9.47 Å². The highest BCUT2D eigenvalue weighted by molar-refractivity contribution is 5.96. The van der Waals surface area contributed by atoms with Crippen molar-refractivity contribution < 1.29 is 9.59 Å². The molecule has 0 radical (unpaired) electrons. The van der Waals surface area contributed by atoms with Gasteiger partial charge in [0.25, 0.3) is 5.56 Å². The molecule has 1 fully saturated rings. The molecule has 1 aliphatic rings. The van der Waals surface area contributed by atoms with E-state index < -0.39 is 11.2 Å². The molecule has 10 nitrogen and oxygen atoms in total. The van der Waals surface area contributed by atoms with Crippen LogP contribution in [0.15, 0.2) is 9.59 Å². The molecule has 1 aliphatic heterocycles. The number of amides is 2. The smallest absolute Gasteiger partial charge is 0.330 e. The van der Waals surface area contributed by atoms with E-state index in [2.05, 4.69) is 10.3 Å². The Balaban J connectivity index is 2.22. The number of nitrogens with zero attached hydrogens (tertiary/aromatic N) is 3. The van der Waals surface area contributed by atoms with Crippen molar-refractivity contribution in [3.63, 3.8) is 0 Å². The lowest BCUT2D eigenvalue weighted by Gasteiger charge is -2.33. The Bertz CT molecular complexity index is 941. The zero-order valence-electron chi connectivity index (χ0n) is 20.8. The zero-order valence-corrected chi connectivity index (χ0v) is 20.8. The van der Waals surface area contributed by atoms with Gasteiger partial charge in [-0.1, -0.05) is 27.7 Å². The van der Waals surface area contributed by atoms with Crippen LogP contribution >= 0.6 is 0 Å². The van der Waals surface area contributed by atoms with Gasteiger partial charge in [-0.2, -0.15) is 0 Å². The van der Waals surface area contributed by atoms with Crippen LogP contribution in [0.5, 0.6) is 0 Å². The van der Waals surface area contributed by atoms with Crippen LogP contribution in [0.25, 0.3) is 0 Å². The first kappa shape index (κ1) is 26.6. The Morgan fingerprint density at radius 3 is 2.21 bits per heavy atom. The summed E-state index contributed by atoms with van der Waals surface area (Å²) in [6.07, 6.45) is 1.36. The summed E-state index contributed by atoms with van der Waals surface area (Å²) in [5, 5.41) is 2.95. The summed E-state index contributed by atoms with van der Waals surface area (Å²) >= 11 is 0. The third kappa shape index (κ3) is 7.18. The van der Waals surface area contributed by atoms with Gasteiger partial charge in [0.2, 0.25) is 11.8 Å². The molecular weight excluding hydrogens is 424 g/mol. The van der Waals surface area contributed by atoms with Gasteiger partial charge in [-0.25, -0.2) is 4.79 Å². The summed E-state index contributed by atoms with van der Waals surface area (Å²) < 4.78 is 1.32. The first-order chi connectivity index (χ1) is 15.4. The number of H-pyrrole nitrogens is 1. The van der Waals surface area contributed by atoms with Crippen LogP contribution < -0.4 is 27.2 Å². The van der Waals surface area contributed by atoms with Crippen LogP contribution in [0, 0.1) is 17.8 Å². The van der Waals surface area contributed by atoms with Gasteiger partial charge in [-0.05, 0) is 51.6 Å². The maximum absolute atomic E-state index is 13.3. The summed E-state index contributed by atoms with van der Waals surface area (Å²) in [6.45, 7) is 13.7. The normalized spacial score (nSPS) is 15.4. The van der Waals surface area contributed by atoms with E-state index in [9.17, 15) is 19.2 Å². The molecule has 0 aliphatic carbocycles. The van der Waals surface area contributed by atoms with Crippen molar-refractivity contribution in [3.8, 4) is 0 Å². The third-order valence-corrected chi connectivity index (χ3v) is 5.63. The second kappa shape index (κ2) is 11.5. The largest absolute Gasteiger partial charge is 0.383 e. The van der Waals surface area contributed by atoms with Gasteiger partial charge in [-0.15, -0.1) is 0 Å². The van der Waals surface area contributed by atoms with E-state index in [0.29, 0.717) is 39.0 Å². The Kier molecular flexibility index (Phi) is 9.27. The zero-order chi connectivity index (χ0) is 24.9. The molecule has 1 saturated heterocycles. The number of nitrogen functional groups attached to an aromatic ring is 1. The number of nitrogens with one attached hydrogen (secondary N) is 2. The number of likely N-dealkylation sites (tertiary alicyclic amines) is 1. The molecule has 4 N–H and O–H groups in total. The van der Waals surface area contributed by atoms with E-state index >= 15 is 0 Å². The number of hydrogen-bond donors (Lipinski definition) is 3. The molecule has 0 spiro atoms. The lowest BCUT2D eigenvalue weighted by Crippen LogP contribution is -2.49. The Morgan fingerprint density at radius 2 is 1.70 bits per heavy atom. The number of aromatic nitrogens is 2. The van der Waals surface area contributed by atoms with Crippen molar-refractivity contribution in [2.75, 3.05) is 36.8 Å². The van der Waals surface area contributed by atoms with Gasteiger partial charge >= 0.3 is 5.69 Å². The molecule has 0 saturated carbocycles. The topological polar surface area (TPSA) is 134 Å². The van der Waals surface area contributed by atoms with Crippen LogP contribution in [-0.4, -0.2) is 58.5 Å². The maximum Gasteiger partial charge on any atom is 0.330 e. The number of anilines is 2. The van der Waals surface area contributed by atoms with E-state index in [-0.39, 0.29) is 53.7 Å². The molecule has 0 bridgehead atoms. The van der Waals surface area contributed by atoms with Gasteiger partial charge < -0.3 is 16.0 Å². The molecule has 0 atom stereocenters. The average Bonchev–Trinajstić information content (AvgIpc) is 2.69. The number of hydrogen-bond acceptors (Lipinski definition) is 6. The Morgan fingerprint density at radius 1 is 1.09 bits per heavy atom. The lowest BCUT2D eigenvalue weighted by atomic mass is 9.95. The fourth-order valence-electron chi connectivity index (χ4n) is 4.10. The number of carbonyl (C=O) groups excluding carboxylic acids is 2. The molecule has 2 rings (SSSR count). The van der Waals surface area contributed by atoms with Crippen molar-refractivity contribution in [1.82, 2.24) is 19.8 Å². The molecule has 1 aromatic rings. The molecule has 186 valence electrons. The summed E-state index contributed by atoms with van der Waals surface area (Å²) in [5.74, 6) is -0.0140. The molecule has 33 heavy (non-hydrogen) atoms. The minimum Gasteiger partial charge on any atom is -0.383 e. The quantitative estimate of drug-likeness (QED) is 0.499. The number of piperidine rings is 1. The van der Waals surface area contributed by atoms with Crippen LogP contribution in [0.2, 0.25) is 0 Å². The maximum atomic E-state index is 13.3. The number of rotatable bonds is 9. The van der Waals surface area contributed by atoms with Crippen LogP contribution in [0.4, 0.5) is 11.5 Å². The fourth-order valence-corrected chi connectivity index (χ4v) is 4.10. The van der Waals surface area contributed by atoms with Crippen molar-refractivity contribution >= 4 is 23.3 Å². The molecule has 0 unspecified atom stereocenters. The third-order valence-electron chi connectivity index (χ3n) is 5.63. The van der Waals surface area contributed by atoms with Crippen molar-refractivity contribution in [1.29, 1.82) is 0 Å². The molecule has 0 aromatic carbocycles. The predicted molar refractivity (Wildman–Crippen MR) is 130 cm³/mol. The minimum atomic E-state index is -0.657. The second-order valence-electron chi connectivity index (χ2n) is 10.1. The molecule has 2 heterocycles. The highest BCUT2D eigenvalue weighted by Crippen LogP contribution is 2.21. The van der Waals surface area contributed by atoms with Crippen molar-refractivity contribution in [2.45, 2.75) is 67.0 Å². The minimum absolute atomic E-state index is 0.00974. The van der Waals surface area contributed by atoms with E-state index in [1.807, 2.05) is 46.4 Å². The monoisotopic (exact) mass is 464 g/mol. The van der Waals surface area contributed by atoms with Gasteiger partial charge in [0.05, 0.1) is 6.54 Å². The predicted octanol–water partition coefficient (Wildman–Crippen LogP) is 1.00. The summed E-state index contributed by atoms with van der Waals surface area (Å²) in [5.41, 5.74) is 5.06. The summed E-state index contributed by atoms with van der Waals surface area (Å²) in [7, 11) is 0. The van der Waals surface area contributed by atoms with Crippen molar-refractivity contribution in [3.05, 3.63) is 20.8 Å². The van der Waals surface area contributed by atoms with Gasteiger partial charge in [-0.3, -0.25) is 28.8 Å². The number of nitrogens with two attached hydrogens (primary N) is 1. The summed E-state index contributed by atoms with van der Waals surface area (Å²) in [4.78, 5) is 56.4. The van der Waals surface area contributed by atoms with Gasteiger partial charge in [0, 0.05) is 25.0 Å². The van der Waals surface area contributed by atoms with Crippen LogP contribution in [0.1, 0.15) is 54.4 Å². The molecule has 1 aromatic heterocycles. The van der Waals surface area contributed by atoms with E-state index in [0.717, 1.165) is 0 Å². The molecule has 2 amide bonds. The van der Waals surface area contributed by atoms with Gasteiger partial charge in [0.1, 0.15) is 5.82 Å². The van der Waals surface area contributed by atoms with E-state index in [4.69, 9.17) is 5.73 Å². The highest BCUT2D eigenvalue weighted by Gasteiger charge is 2.30. The SMILES string of the molecule is CC(C)CN(C(=O)CN1CCC(C(=O)NC(C)C)CC1)c1c(N)n(CC(C)C)c(=O)[nH]c1=O. The number of carbonyl (C=O) groups is 2. The summed E-state index contributed by atoms with van der Waals surface area (Å²) in [6, 6.07) is 0.101. The van der Waals surface area contributed by atoms with Crippen molar-refractivity contribution in [2.24, 2.45) is 17.8 Å². The van der Waals surface area contributed by atoms with Crippen LogP contribution in [-0.2, 0) is 16.1 Å². The number of aromatic amines is 1. The second-order valence-corrected chi connectivity index (χ2v) is 10.1. The average molecular weight is 465 g/mol. The molecule has 10 heteroatoms. The van der Waals surface area contributed by atoms with E-state index in [1.54, 1.807) is 0 Å². The Hall–Kier alpha value is -2.62. The molecular formula is C23H40N6O4. The Labute approximate surface area is 195 Å². The highest BCUT2D eigenvalue weighted by atomic mass is 16.2. The van der Waals surface area contributed by atoms with Crippen LogP contribution in [0.3, 0.4) is 0 Å². The lowest BCUT2D eigenvalue weighted by molar-refractivity contribution is -0.127. The fraction of sp³-hybridized carbons (Fsp3) is 0.739. The standard InChI is InChI=1S/C23H40N6O4/c1-14(2)11-28(19-20(24)29(12-15(3)4)23(33)26-22(19)32)18(30)13-27-9-7-17(8-10-27)21(31)25-16(5)6/h14-17H,7-13,24H2,1-6H3,(H,25,31)(H,26,32,33). The first-order valence-electron chi connectivity index (χ1n) is 11.9. The van der Waals surface area contributed by atoms with Gasteiger partial charge in [0.15, 0.2) is 5.69 Å². The first-order valence-corrected chi connectivity index (χ1v) is 11.9.